The Labute approximate surface area is 161 Å². The van der Waals surface area contributed by atoms with E-state index >= 15 is 0 Å². The van der Waals surface area contributed by atoms with Gasteiger partial charge in [-0.25, -0.2) is 4.98 Å². The molecule has 0 saturated carbocycles. The summed E-state index contributed by atoms with van der Waals surface area (Å²) in [5.41, 5.74) is 6.50. The molecule has 3 aromatic rings. The molecule has 4 rings (SSSR count). The average Bonchev–Trinajstić information content (AvgIpc) is 3.16. The van der Waals surface area contributed by atoms with Crippen LogP contribution in [0.15, 0.2) is 48.8 Å². The Kier molecular flexibility index (Phi) is 5.35. The van der Waals surface area contributed by atoms with Crippen LogP contribution in [0.3, 0.4) is 0 Å². The number of benzene rings is 1. The van der Waals surface area contributed by atoms with Crippen molar-refractivity contribution in [2.75, 3.05) is 13.1 Å². The highest BCUT2D eigenvalue weighted by molar-refractivity contribution is 5.34. The van der Waals surface area contributed by atoms with E-state index in [2.05, 4.69) is 65.1 Å². The SMILES string of the molecule is Cc1cc(Cc2ccccc2C)cc(C2CCCN(Cc3ncc[nH]3)C2)n1. The second-order valence-corrected chi connectivity index (χ2v) is 7.76. The van der Waals surface area contributed by atoms with Gasteiger partial charge in [0.05, 0.1) is 6.54 Å². The normalized spacial score (nSPS) is 17.9. The van der Waals surface area contributed by atoms with E-state index in [9.17, 15) is 0 Å². The number of rotatable bonds is 5. The molecular weight excluding hydrogens is 332 g/mol. The number of aryl methyl sites for hydroxylation is 2. The number of piperidine rings is 1. The predicted molar refractivity (Wildman–Crippen MR) is 109 cm³/mol. The van der Waals surface area contributed by atoms with Gasteiger partial charge in [-0.2, -0.15) is 0 Å². The lowest BCUT2D eigenvalue weighted by atomic mass is 9.92. The van der Waals surface area contributed by atoms with Crippen molar-refractivity contribution < 1.29 is 0 Å². The first-order valence-electron chi connectivity index (χ1n) is 9.90. The lowest BCUT2D eigenvalue weighted by Gasteiger charge is -2.32. The third-order valence-electron chi connectivity index (χ3n) is 5.54. The summed E-state index contributed by atoms with van der Waals surface area (Å²) in [6, 6.07) is 13.2. The van der Waals surface area contributed by atoms with Crippen molar-refractivity contribution in [3.05, 3.63) is 82.7 Å². The molecule has 4 heteroatoms. The van der Waals surface area contributed by atoms with Crippen LogP contribution in [0, 0.1) is 13.8 Å². The molecule has 3 heterocycles. The molecule has 0 radical (unpaired) electrons. The number of hydrogen-bond donors (Lipinski definition) is 1. The van der Waals surface area contributed by atoms with E-state index in [0.29, 0.717) is 5.92 Å². The van der Waals surface area contributed by atoms with Crippen LogP contribution in [0.2, 0.25) is 0 Å². The van der Waals surface area contributed by atoms with E-state index < -0.39 is 0 Å². The molecule has 1 atom stereocenters. The van der Waals surface area contributed by atoms with E-state index in [1.165, 1.54) is 35.2 Å². The van der Waals surface area contributed by atoms with Crippen molar-refractivity contribution >= 4 is 0 Å². The van der Waals surface area contributed by atoms with Crippen molar-refractivity contribution in [1.82, 2.24) is 19.9 Å². The molecule has 1 aliphatic rings. The highest BCUT2D eigenvalue weighted by Gasteiger charge is 2.23. The summed E-state index contributed by atoms with van der Waals surface area (Å²) >= 11 is 0. The first kappa shape index (κ1) is 17.9. The van der Waals surface area contributed by atoms with Gasteiger partial charge in [0.1, 0.15) is 5.82 Å². The molecule has 1 saturated heterocycles. The van der Waals surface area contributed by atoms with E-state index in [1.54, 1.807) is 0 Å². The van der Waals surface area contributed by atoms with Crippen molar-refractivity contribution in [3.8, 4) is 0 Å². The van der Waals surface area contributed by atoms with Gasteiger partial charge in [0.2, 0.25) is 0 Å². The van der Waals surface area contributed by atoms with Gasteiger partial charge >= 0.3 is 0 Å². The largest absolute Gasteiger partial charge is 0.348 e. The lowest BCUT2D eigenvalue weighted by molar-refractivity contribution is 0.194. The molecule has 1 N–H and O–H groups in total. The van der Waals surface area contributed by atoms with Gasteiger partial charge in [0, 0.05) is 36.2 Å². The zero-order valence-corrected chi connectivity index (χ0v) is 16.3. The molecule has 1 aliphatic heterocycles. The predicted octanol–water partition coefficient (Wildman–Crippen LogP) is 4.39. The zero-order valence-electron chi connectivity index (χ0n) is 16.3. The Morgan fingerprint density at radius 2 is 2.07 bits per heavy atom. The molecule has 140 valence electrons. The van der Waals surface area contributed by atoms with E-state index in [1.807, 2.05) is 12.4 Å². The van der Waals surface area contributed by atoms with Gasteiger partial charge in [0.15, 0.2) is 0 Å². The molecule has 0 bridgehead atoms. The van der Waals surface area contributed by atoms with Crippen LogP contribution in [0.4, 0.5) is 0 Å². The minimum Gasteiger partial charge on any atom is -0.348 e. The molecule has 4 nitrogen and oxygen atoms in total. The van der Waals surface area contributed by atoms with E-state index in [0.717, 1.165) is 37.6 Å². The third-order valence-corrected chi connectivity index (χ3v) is 5.54. The number of hydrogen-bond acceptors (Lipinski definition) is 3. The van der Waals surface area contributed by atoms with Crippen LogP contribution in [0.5, 0.6) is 0 Å². The quantitative estimate of drug-likeness (QED) is 0.734. The lowest BCUT2D eigenvalue weighted by Crippen LogP contribution is -2.34. The highest BCUT2D eigenvalue weighted by atomic mass is 15.2. The highest BCUT2D eigenvalue weighted by Crippen LogP contribution is 2.28. The summed E-state index contributed by atoms with van der Waals surface area (Å²) in [6.45, 7) is 7.40. The first-order valence-corrected chi connectivity index (χ1v) is 9.90. The second-order valence-electron chi connectivity index (χ2n) is 7.76. The number of nitrogens with one attached hydrogen (secondary N) is 1. The fourth-order valence-corrected chi connectivity index (χ4v) is 4.14. The fourth-order valence-electron chi connectivity index (χ4n) is 4.14. The number of H-pyrrole nitrogens is 1. The van der Waals surface area contributed by atoms with Gasteiger partial charge in [-0.15, -0.1) is 0 Å². The van der Waals surface area contributed by atoms with Crippen LogP contribution in [0.1, 0.15) is 52.7 Å². The van der Waals surface area contributed by atoms with Gasteiger partial charge in [-0.05, 0) is 68.5 Å². The maximum Gasteiger partial charge on any atom is 0.120 e. The van der Waals surface area contributed by atoms with E-state index in [-0.39, 0.29) is 0 Å². The standard InChI is InChI=1S/C23H28N4/c1-17-6-3-4-7-20(17)13-19-12-18(2)26-22(14-19)21-8-5-11-27(15-21)16-23-24-9-10-25-23/h3-4,6-7,9-10,12,14,21H,5,8,11,13,15-16H2,1-2H3,(H,24,25). The summed E-state index contributed by atoms with van der Waals surface area (Å²) in [5, 5.41) is 0. The number of nitrogens with zero attached hydrogens (tertiary/aromatic N) is 3. The van der Waals surface area contributed by atoms with Crippen molar-refractivity contribution in [3.63, 3.8) is 0 Å². The van der Waals surface area contributed by atoms with Gasteiger partial charge in [0.25, 0.3) is 0 Å². The van der Waals surface area contributed by atoms with Crippen LogP contribution >= 0.6 is 0 Å². The zero-order chi connectivity index (χ0) is 18.6. The number of aromatic nitrogens is 3. The van der Waals surface area contributed by atoms with Crippen LogP contribution < -0.4 is 0 Å². The molecule has 1 aromatic carbocycles. The van der Waals surface area contributed by atoms with Crippen molar-refractivity contribution in [1.29, 1.82) is 0 Å². The Bertz CT molecular complexity index is 885. The molecule has 0 aliphatic carbocycles. The van der Waals surface area contributed by atoms with Gasteiger partial charge < -0.3 is 4.98 Å². The topological polar surface area (TPSA) is 44.8 Å². The van der Waals surface area contributed by atoms with E-state index in [4.69, 9.17) is 4.98 Å². The number of imidazole rings is 1. The summed E-state index contributed by atoms with van der Waals surface area (Å²) in [7, 11) is 0. The first-order chi connectivity index (χ1) is 13.2. The molecular formula is C23H28N4. The Morgan fingerprint density at radius 3 is 2.89 bits per heavy atom. The number of pyridine rings is 1. The minimum atomic E-state index is 0.504. The van der Waals surface area contributed by atoms with Gasteiger partial charge in [-0.1, -0.05) is 24.3 Å². The van der Waals surface area contributed by atoms with Crippen molar-refractivity contribution in [2.45, 2.75) is 45.6 Å². The molecule has 2 aromatic heterocycles. The summed E-state index contributed by atoms with van der Waals surface area (Å²) in [4.78, 5) is 15.0. The Hall–Kier alpha value is -2.46. The summed E-state index contributed by atoms with van der Waals surface area (Å²) < 4.78 is 0. The van der Waals surface area contributed by atoms with Gasteiger partial charge in [-0.3, -0.25) is 9.88 Å². The van der Waals surface area contributed by atoms with Crippen molar-refractivity contribution in [2.24, 2.45) is 0 Å². The van der Waals surface area contributed by atoms with Crippen LogP contribution in [-0.2, 0) is 13.0 Å². The molecule has 27 heavy (non-hydrogen) atoms. The maximum absolute atomic E-state index is 4.90. The Morgan fingerprint density at radius 1 is 1.19 bits per heavy atom. The minimum absolute atomic E-state index is 0.504. The molecule has 0 amide bonds. The molecule has 1 fully saturated rings. The number of likely N-dealkylation sites (tertiary alicyclic amines) is 1. The summed E-state index contributed by atoms with van der Waals surface area (Å²) in [6.07, 6.45) is 7.14. The monoisotopic (exact) mass is 360 g/mol. The molecule has 0 spiro atoms. The Balaban J connectivity index is 1.51. The third kappa shape index (κ3) is 4.45. The maximum atomic E-state index is 4.90. The van der Waals surface area contributed by atoms with Crippen LogP contribution in [-0.4, -0.2) is 32.9 Å². The fraction of sp³-hybridized carbons (Fsp3) is 0.391. The smallest absolute Gasteiger partial charge is 0.120 e. The van der Waals surface area contributed by atoms with Crippen LogP contribution in [0.25, 0.3) is 0 Å². The molecule has 1 unspecified atom stereocenters. The second kappa shape index (κ2) is 8.05. The summed E-state index contributed by atoms with van der Waals surface area (Å²) in [5.74, 6) is 1.55. The number of aromatic amines is 1. The average molecular weight is 361 g/mol.